The number of ether oxygens (including phenoxy) is 2. The number of nitrogens with one attached hydrogen (secondary N) is 1. The molecule has 33 heavy (non-hydrogen) atoms. The van der Waals surface area contributed by atoms with Crippen LogP contribution in [-0.4, -0.2) is 52.1 Å². The first-order chi connectivity index (χ1) is 15.6. The molecule has 178 valence electrons. The summed E-state index contributed by atoms with van der Waals surface area (Å²) in [6.45, 7) is 6.07. The number of rotatable bonds is 11. The zero-order valence-corrected chi connectivity index (χ0v) is 20.0. The van der Waals surface area contributed by atoms with Crippen LogP contribution in [0, 0.1) is 0 Å². The third-order valence-corrected chi connectivity index (χ3v) is 5.79. The van der Waals surface area contributed by atoms with E-state index in [0.717, 1.165) is 6.42 Å². The minimum Gasteiger partial charge on any atom is -0.493 e. The summed E-state index contributed by atoms with van der Waals surface area (Å²) in [6.07, 6.45) is 3.81. The van der Waals surface area contributed by atoms with Gasteiger partial charge >= 0.3 is 0 Å². The van der Waals surface area contributed by atoms with Crippen molar-refractivity contribution < 1.29 is 23.0 Å². The second-order valence-electron chi connectivity index (χ2n) is 8.13. The number of nitrogens with zero attached hydrogens (tertiary/aromatic N) is 4. The topological polar surface area (TPSA) is 128 Å². The SMILES string of the molecule is CCCOc1ccccc1-c1cc(OCCC(C)(C)O)nc(NS(=O)(=O)c2cnn(C)c2)n1. The van der Waals surface area contributed by atoms with E-state index in [9.17, 15) is 13.5 Å². The number of aromatic nitrogens is 4. The molecule has 0 radical (unpaired) electrons. The molecule has 0 aliphatic heterocycles. The van der Waals surface area contributed by atoms with Crippen molar-refractivity contribution in [3.8, 4) is 22.9 Å². The Kier molecular flexibility index (Phi) is 7.54. The molecule has 0 unspecified atom stereocenters. The molecule has 0 bridgehead atoms. The van der Waals surface area contributed by atoms with Crippen molar-refractivity contribution in [1.29, 1.82) is 0 Å². The van der Waals surface area contributed by atoms with Crippen molar-refractivity contribution >= 4 is 16.0 Å². The average molecular weight is 476 g/mol. The summed E-state index contributed by atoms with van der Waals surface area (Å²) >= 11 is 0. The third kappa shape index (κ3) is 6.90. The Bertz CT molecular complexity index is 1190. The molecule has 2 heterocycles. The maximum Gasteiger partial charge on any atom is 0.267 e. The molecule has 11 heteroatoms. The summed E-state index contributed by atoms with van der Waals surface area (Å²) in [4.78, 5) is 8.60. The van der Waals surface area contributed by atoms with Crippen LogP contribution in [-0.2, 0) is 17.1 Å². The second-order valence-corrected chi connectivity index (χ2v) is 9.81. The first-order valence-electron chi connectivity index (χ1n) is 10.6. The lowest BCUT2D eigenvalue weighted by Gasteiger charge is -2.17. The summed E-state index contributed by atoms with van der Waals surface area (Å²) in [6, 6.07) is 8.95. The van der Waals surface area contributed by atoms with Gasteiger partial charge in [-0.15, -0.1) is 0 Å². The Labute approximate surface area is 193 Å². The number of sulfonamides is 1. The van der Waals surface area contributed by atoms with Crippen molar-refractivity contribution in [3.63, 3.8) is 0 Å². The van der Waals surface area contributed by atoms with Gasteiger partial charge in [0.25, 0.3) is 10.0 Å². The van der Waals surface area contributed by atoms with E-state index in [1.165, 1.54) is 17.1 Å². The lowest BCUT2D eigenvalue weighted by molar-refractivity contribution is 0.0547. The van der Waals surface area contributed by atoms with Gasteiger partial charge in [-0.1, -0.05) is 19.1 Å². The molecule has 2 aromatic heterocycles. The fourth-order valence-corrected chi connectivity index (χ4v) is 3.75. The van der Waals surface area contributed by atoms with Crippen LogP contribution >= 0.6 is 0 Å². The highest BCUT2D eigenvalue weighted by Crippen LogP contribution is 2.31. The van der Waals surface area contributed by atoms with Gasteiger partial charge in [0.15, 0.2) is 0 Å². The molecule has 0 aliphatic rings. The van der Waals surface area contributed by atoms with Crippen LogP contribution in [0.5, 0.6) is 11.6 Å². The fourth-order valence-electron chi connectivity index (χ4n) is 2.82. The van der Waals surface area contributed by atoms with Crippen LogP contribution in [0.25, 0.3) is 11.3 Å². The Hall–Kier alpha value is -3.18. The molecule has 0 saturated carbocycles. The van der Waals surface area contributed by atoms with Gasteiger partial charge in [0, 0.05) is 31.3 Å². The van der Waals surface area contributed by atoms with Gasteiger partial charge in [-0.05, 0) is 32.4 Å². The molecule has 3 aromatic rings. The molecule has 2 N–H and O–H groups in total. The van der Waals surface area contributed by atoms with Crippen molar-refractivity contribution in [2.75, 3.05) is 17.9 Å². The molecule has 3 rings (SSSR count). The summed E-state index contributed by atoms with van der Waals surface area (Å²) in [5.41, 5.74) is 0.183. The number of benzene rings is 1. The van der Waals surface area contributed by atoms with Crippen molar-refractivity contribution in [1.82, 2.24) is 19.7 Å². The van der Waals surface area contributed by atoms with Gasteiger partial charge < -0.3 is 14.6 Å². The summed E-state index contributed by atoms with van der Waals surface area (Å²) in [5.74, 6) is 0.625. The van der Waals surface area contributed by atoms with Gasteiger partial charge in [0.2, 0.25) is 11.8 Å². The zero-order chi connectivity index (χ0) is 24.1. The van der Waals surface area contributed by atoms with E-state index in [4.69, 9.17) is 9.47 Å². The van der Waals surface area contributed by atoms with Gasteiger partial charge in [-0.25, -0.2) is 18.1 Å². The van der Waals surface area contributed by atoms with E-state index in [2.05, 4.69) is 19.8 Å². The highest BCUT2D eigenvalue weighted by atomic mass is 32.2. The van der Waals surface area contributed by atoms with Crippen LogP contribution in [0.3, 0.4) is 0 Å². The quantitative estimate of drug-likeness (QED) is 0.433. The van der Waals surface area contributed by atoms with E-state index in [1.54, 1.807) is 27.0 Å². The van der Waals surface area contributed by atoms with Gasteiger partial charge in [-0.3, -0.25) is 4.68 Å². The molecule has 0 fully saturated rings. The first-order valence-corrected chi connectivity index (χ1v) is 12.0. The number of anilines is 1. The van der Waals surface area contributed by atoms with E-state index < -0.39 is 15.6 Å². The molecule has 0 atom stereocenters. The minimum atomic E-state index is -3.96. The lowest BCUT2D eigenvalue weighted by Crippen LogP contribution is -2.22. The highest BCUT2D eigenvalue weighted by Gasteiger charge is 2.20. The van der Waals surface area contributed by atoms with Crippen LogP contribution in [0.2, 0.25) is 0 Å². The first kappa shape index (κ1) is 24.5. The van der Waals surface area contributed by atoms with Crippen molar-refractivity contribution in [3.05, 3.63) is 42.7 Å². The molecule has 1 aromatic carbocycles. The Morgan fingerprint density at radius 2 is 1.91 bits per heavy atom. The monoisotopic (exact) mass is 475 g/mol. The van der Waals surface area contributed by atoms with Gasteiger partial charge in [0.05, 0.1) is 30.7 Å². The molecular formula is C22H29N5O5S. The lowest BCUT2D eigenvalue weighted by atomic mass is 10.1. The largest absolute Gasteiger partial charge is 0.493 e. The van der Waals surface area contributed by atoms with Crippen LogP contribution < -0.4 is 14.2 Å². The predicted octanol–water partition coefficient (Wildman–Crippen LogP) is 3.01. The van der Waals surface area contributed by atoms with Crippen molar-refractivity contribution in [2.45, 2.75) is 44.1 Å². The normalized spacial score (nSPS) is 11.9. The van der Waals surface area contributed by atoms with Crippen LogP contribution in [0.1, 0.15) is 33.6 Å². The Balaban J connectivity index is 1.98. The number of aliphatic hydroxyl groups is 1. The highest BCUT2D eigenvalue weighted by molar-refractivity contribution is 7.92. The number of para-hydroxylation sites is 1. The summed E-state index contributed by atoms with van der Waals surface area (Å²) < 4.78 is 40.9. The van der Waals surface area contributed by atoms with Gasteiger partial charge in [-0.2, -0.15) is 10.1 Å². The number of aryl methyl sites for hydroxylation is 1. The molecule has 0 aliphatic carbocycles. The molecule has 0 spiro atoms. The molecule has 10 nitrogen and oxygen atoms in total. The van der Waals surface area contributed by atoms with E-state index >= 15 is 0 Å². The maximum absolute atomic E-state index is 12.8. The predicted molar refractivity (Wildman–Crippen MR) is 124 cm³/mol. The van der Waals surface area contributed by atoms with E-state index in [0.29, 0.717) is 30.0 Å². The van der Waals surface area contributed by atoms with Gasteiger partial charge in [0.1, 0.15) is 10.6 Å². The standard InChI is InChI=1S/C22H29N5O5S/c1-5-11-31-19-9-7-6-8-17(19)18-13-20(32-12-10-22(2,3)28)25-21(24-18)26-33(29,30)16-14-23-27(4)15-16/h6-9,13-15,28H,5,10-12H2,1-4H3,(H,24,25,26). The van der Waals surface area contributed by atoms with Crippen LogP contribution in [0.15, 0.2) is 47.6 Å². The Morgan fingerprint density at radius 3 is 2.58 bits per heavy atom. The fraction of sp³-hybridized carbons (Fsp3) is 0.409. The Morgan fingerprint density at radius 1 is 1.15 bits per heavy atom. The van der Waals surface area contributed by atoms with Crippen LogP contribution in [0.4, 0.5) is 5.95 Å². The molecule has 0 amide bonds. The van der Waals surface area contributed by atoms with E-state index in [-0.39, 0.29) is 23.3 Å². The van der Waals surface area contributed by atoms with E-state index in [1.807, 2.05) is 31.2 Å². The molecule has 0 saturated heterocycles. The summed E-state index contributed by atoms with van der Waals surface area (Å²) in [7, 11) is -2.34. The number of hydrogen-bond donors (Lipinski definition) is 2. The third-order valence-electron chi connectivity index (χ3n) is 4.51. The number of hydrogen-bond acceptors (Lipinski definition) is 8. The summed E-state index contributed by atoms with van der Waals surface area (Å²) in [5, 5.41) is 13.9. The smallest absolute Gasteiger partial charge is 0.267 e. The second kappa shape index (κ2) is 10.2. The zero-order valence-electron chi connectivity index (χ0n) is 19.1. The minimum absolute atomic E-state index is 0.0184. The maximum atomic E-state index is 12.8. The average Bonchev–Trinajstić information content (AvgIpc) is 3.18. The van der Waals surface area contributed by atoms with Crippen molar-refractivity contribution in [2.24, 2.45) is 7.05 Å². The molecular weight excluding hydrogens is 446 g/mol.